The summed E-state index contributed by atoms with van der Waals surface area (Å²) in [5, 5.41) is 3.41. The van der Waals surface area contributed by atoms with Gasteiger partial charge in [0.05, 0.1) is 0 Å². The van der Waals surface area contributed by atoms with E-state index in [1.165, 1.54) is 31.7 Å². The zero-order valence-corrected chi connectivity index (χ0v) is 9.17. The summed E-state index contributed by atoms with van der Waals surface area (Å²) >= 11 is 0. The molecule has 2 heteroatoms. The minimum Gasteiger partial charge on any atom is -0.382 e. The molecular weight excluding hydrogens is 189 g/mol. The van der Waals surface area contributed by atoms with E-state index >= 15 is 0 Å². The Kier molecular flexibility index (Phi) is 3.24. The van der Waals surface area contributed by atoms with Crippen LogP contribution in [0.15, 0.2) is 24.3 Å². The van der Waals surface area contributed by atoms with Crippen LogP contribution in [0, 0.1) is 11.7 Å². The summed E-state index contributed by atoms with van der Waals surface area (Å²) in [5.74, 6) is 0.633. The molecule has 0 saturated heterocycles. The van der Waals surface area contributed by atoms with Crippen LogP contribution in [0.25, 0.3) is 0 Å². The van der Waals surface area contributed by atoms with Gasteiger partial charge in [0.1, 0.15) is 5.82 Å². The Labute approximate surface area is 90.7 Å². The molecular formula is C13H18FN. The largest absolute Gasteiger partial charge is 0.382 e. The van der Waals surface area contributed by atoms with Gasteiger partial charge in [-0.05, 0) is 37.0 Å². The second kappa shape index (κ2) is 4.65. The van der Waals surface area contributed by atoms with E-state index < -0.39 is 0 Å². The molecule has 0 bridgehead atoms. The summed E-state index contributed by atoms with van der Waals surface area (Å²) in [6.45, 7) is 2.29. The standard InChI is InChI=1S/C13H18FN/c1-10-4-2-6-12(8-10)15-13-7-3-5-11(14)9-13/h3,5,7,9-10,12,15H,2,4,6,8H2,1H3. The van der Waals surface area contributed by atoms with E-state index in [0.29, 0.717) is 6.04 Å². The van der Waals surface area contributed by atoms with Crippen LogP contribution in [0.5, 0.6) is 0 Å². The predicted molar refractivity (Wildman–Crippen MR) is 61.4 cm³/mol. The Hall–Kier alpha value is -1.05. The van der Waals surface area contributed by atoms with Gasteiger partial charge in [0.2, 0.25) is 0 Å². The van der Waals surface area contributed by atoms with Gasteiger partial charge in [0.15, 0.2) is 0 Å². The lowest BCUT2D eigenvalue weighted by Crippen LogP contribution is -2.26. The molecule has 2 unspecified atom stereocenters. The predicted octanol–water partition coefficient (Wildman–Crippen LogP) is 3.82. The molecule has 2 rings (SSSR count). The van der Waals surface area contributed by atoms with E-state index in [-0.39, 0.29) is 5.82 Å². The van der Waals surface area contributed by atoms with Crippen molar-refractivity contribution in [1.82, 2.24) is 0 Å². The fourth-order valence-electron chi connectivity index (χ4n) is 2.38. The summed E-state index contributed by atoms with van der Waals surface area (Å²) in [4.78, 5) is 0. The zero-order valence-electron chi connectivity index (χ0n) is 9.17. The SMILES string of the molecule is CC1CCCC(Nc2cccc(F)c2)C1. The van der Waals surface area contributed by atoms with Crippen molar-refractivity contribution in [3.63, 3.8) is 0 Å². The van der Waals surface area contributed by atoms with Crippen LogP contribution in [0.3, 0.4) is 0 Å². The monoisotopic (exact) mass is 207 g/mol. The number of nitrogens with one attached hydrogen (secondary N) is 1. The average Bonchev–Trinajstić information content (AvgIpc) is 2.17. The molecule has 1 aliphatic rings. The first-order valence-electron chi connectivity index (χ1n) is 5.76. The van der Waals surface area contributed by atoms with Crippen molar-refractivity contribution in [2.45, 2.75) is 38.6 Å². The van der Waals surface area contributed by atoms with E-state index in [2.05, 4.69) is 12.2 Å². The van der Waals surface area contributed by atoms with E-state index in [1.54, 1.807) is 12.1 Å². The van der Waals surface area contributed by atoms with Crippen LogP contribution in [0.2, 0.25) is 0 Å². The Bertz CT molecular complexity index is 324. The number of hydrogen-bond acceptors (Lipinski definition) is 1. The molecule has 82 valence electrons. The van der Waals surface area contributed by atoms with Gasteiger partial charge in [-0.2, -0.15) is 0 Å². The van der Waals surface area contributed by atoms with Crippen molar-refractivity contribution in [1.29, 1.82) is 0 Å². The number of halogens is 1. The molecule has 0 radical (unpaired) electrons. The van der Waals surface area contributed by atoms with Crippen molar-refractivity contribution in [2.24, 2.45) is 5.92 Å². The van der Waals surface area contributed by atoms with Crippen LogP contribution in [-0.4, -0.2) is 6.04 Å². The highest BCUT2D eigenvalue weighted by atomic mass is 19.1. The molecule has 2 atom stereocenters. The highest BCUT2D eigenvalue weighted by molar-refractivity contribution is 5.44. The molecule has 1 fully saturated rings. The molecule has 0 amide bonds. The first-order chi connectivity index (χ1) is 7.24. The molecule has 1 saturated carbocycles. The van der Waals surface area contributed by atoms with E-state index in [4.69, 9.17) is 0 Å². The Morgan fingerprint density at radius 1 is 1.33 bits per heavy atom. The molecule has 0 spiro atoms. The van der Waals surface area contributed by atoms with Crippen molar-refractivity contribution < 1.29 is 4.39 Å². The molecule has 1 aliphatic carbocycles. The van der Waals surface area contributed by atoms with Crippen molar-refractivity contribution in [3.8, 4) is 0 Å². The third-order valence-corrected chi connectivity index (χ3v) is 3.13. The van der Waals surface area contributed by atoms with Gasteiger partial charge in [0, 0.05) is 11.7 Å². The molecule has 1 N–H and O–H groups in total. The average molecular weight is 207 g/mol. The van der Waals surface area contributed by atoms with Gasteiger partial charge in [-0.15, -0.1) is 0 Å². The van der Waals surface area contributed by atoms with Gasteiger partial charge in [-0.1, -0.05) is 25.8 Å². The number of benzene rings is 1. The Morgan fingerprint density at radius 3 is 2.93 bits per heavy atom. The molecule has 0 heterocycles. The zero-order chi connectivity index (χ0) is 10.7. The summed E-state index contributed by atoms with van der Waals surface area (Å²) in [5.41, 5.74) is 0.911. The Morgan fingerprint density at radius 2 is 2.20 bits per heavy atom. The van der Waals surface area contributed by atoms with E-state index in [1.807, 2.05) is 6.07 Å². The van der Waals surface area contributed by atoms with Crippen molar-refractivity contribution in [2.75, 3.05) is 5.32 Å². The molecule has 15 heavy (non-hydrogen) atoms. The molecule has 1 aromatic rings. The lowest BCUT2D eigenvalue weighted by atomic mass is 9.87. The van der Waals surface area contributed by atoms with Crippen LogP contribution < -0.4 is 5.32 Å². The first kappa shape index (κ1) is 10.5. The van der Waals surface area contributed by atoms with Crippen LogP contribution >= 0.6 is 0 Å². The highest BCUT2D eigenvalue weighted by Crippen LogP contribution is 2.26. The first-order valence-corrected chi connectivity index (χ1v) is 5.76. The smallest absolute Gasteiger partial charge is 0.125 e. The number of hydrogen-bond donors (Lipinski definition) is 1. The molecule has 0 aliphatic heterocycles. The van der Waals surface area contributed by atoms with Crippen molar-refractivity contribution >= 4 is 5.69 Å². The van der Waals surface area contributed by atoms with Gasteiger partial charge in [0.25, 0.3) is 0 Å². The van der Waals surface area contributed by atoms with E-state index in [0.717, 1.165) is 11.6 Å². The van der Waals surface area contributed by atoms with Crippen LogP contribution in [-0.2, 0) is 0 Å². The minimum absolute atomic E-state index is 0.163. The highest BCUT2D eigenvalue weighted by Gasteiger charge is 2.18. The third kappa shape index (κ3) is 2.95. The van der Waals surface area contributed by atoms with Gasteiger partial charge in [-0.3, -0.25) is 0 Å². The van der Waals surface area contributed by atoms with Gasteiger partial charge >= 0.3 is 0 Å². The van der Waals surface area contributed by atoms with Crippen LogP contribution in [0.1, 0.15) is 32.6 Å². The number of anilines is 1. The van der Waals surface area contributed by atoms with Crippen molar-refractivity contribution in [3.05, 3.63) is 30.1 Å². The maximum absolute atomic E-state index is 13.0. The molecule has 1 nitrogen and oxygen atoms in total. The normalized spacial score (nSPS) is 26.3. The second-order valence-corrected chi connectivity index (χ2v) is 4.62. The second-order valence-electron chi connectivity index (χ2n) is 4.62. The maximum Gasteiger partial charge on any atom is 0.125 e. The number of rotatable bonds is 2. The Balaban J connectivity index is 1.96. The van der Waals surface area contributed by atoms with E-state index in [9.17, 15) is 4.39 Å². The summed E-state index contributed by atoms with van der Waals surface area (Å²) in [7, 11) is 0. The quantitative estimate of drug-likeness (QED) is 0.777. The third-order valence-electron chi connectivity index (χ3n) is 3.13. The lowest BCUT2D eigenvalue weighted by molar-refractivity contribution is 0.358. The molecule has 1 aromatic carbocycles. The summed E-state index contributed by atoms with van der Waals surface area (Å²) in [6.07, 6.45) is 5.03. The summed E-state index contributed by atoms with van der Waals surface area (Å²) in [6, 6.07) is 7.26. The molecule has 0 aromatic heterocycles. The minimum atomic E-state index is -0.163. The summed E-state index contributed by atoms with van der Waals surface area (Å²) < 4.78 is 13.0. The fraction of sp³-hybridized carbons (Fsp3) is 0.538. The lowest BCUT2D eigenvalue weighted by Gasteiger charge is -2.28. The maximum atomic E-state index is 13.0. The topological polar surface area (TPSA) is 12.0 Å². The fourth-order valence-corrected chi connectivity index (χ4v) is 2.38. The van der Waals surface area contributed by atoms with Gasteiger partial charge in [-0.25, -0.2) is 4.39 Å². The van der Waals surface area contributed by atoms with Gasteiger partial charge < -0.3 is 5.32 Å². The van der Waals surface area contributed by atoms with Crippen LogP contribution in [0.4, 0.5) is 10.1 Å².